The number of hydrogen-bond donors (Lipinski definition) is 0. The van der Waals surface area contributed by atoms with Crippen molar-refractivity contribution in [1.82, 2.24) is 0 Å². The van der Waals surface area contributed by atoms with Crippen molar-refractivity contribution >= 4 is 27.1 Å². The maximum Gasteiger partial charge on any atom is 0.429 e. The van der Waals surface area contributed by atoms with Gasteiger partial charge in [0, 0.05) is 18.8 Å². The second-order valence-corrected chi connectivity index (χ2v) is 7.85. The highest BCUT2D eigenvalue weighted by molar-refractivity contribution is 7.95. The maximum atomic E-state index is 13.3. The zero-order valence-electron chi connectivity index (χ0n) is 11.5. The SMILES string of the molecule is O=S1(=O)CCC2=C1C(c1ccc(F)c(Cl)c1)CC(C(F)(F)F)=N2. The van der Waals surface area contributed by atoms with Crippen molar-refractivity contribution in [3.05, 3.63) is 45.2 Å². The Hall–Kier alpha value is -1.41. The number of allylic oxidation sites excluding steroid dienone is 2. The Morgan fingerprint density at radius 3 is 2.57 bits per heavy atom. The summed E-state index contributed by atoms with van der Waals surface area (Å²) in [6.45, 7) is 0. The van der Waals surface area contributed by atoms with E-state index in [9.17, 15) is 26.0 Å². The van der Waals surface area contributed by atoms with Gasteiger partial charge in [-0.3, -0.25) is 4.99 Å². The van der Waals surface area contributed by atoms with E-state index in [4.69, 9.17) is 11.6 Å². The summed E-state index contributed by atoms with van der Waals surface area (Å²) < 4.78 is 76.7. The first-order chi connectivity index (χ1) is 10.6. The van der Waals surface area contributed by atoms with E-state index in [1.807, 2.05) is 0 Å². The number of sulfone groups is 1. The number of hydrogen-bond acceptors (Lipinski definition) is 3. The zero-order valence-corrected chi connectivity index (χ0v) is 13.1. The van der Waals surface area contributed by atoms with Crippen LogP contribution in [0.25, 0.3) is 0 Å². The lowest BCUT2D eigenvalue weighted by atomic mass is 9.89. The monoisotopic (exact) mass is 367 g/mol. The highest BCUT2D eigenvalue weighted by atomic mass is 35.5. The summed E-state index contributed by atoms with van der Waals surface area (Å²) in [6, 6.07) is 3.43. The molecule has 23 heavy (non-hydrogen) atoms. The van der Waals surface area contributed by atoms with Crippen LogP contribution in [0.4, 0.5) is 17.6 Å². The first-order valence-corrected chi connectivity index (χ1v) is 8.68. The van der Waals surface area contributed by atoms with Gasteiger partial charge in [0.1, 0.15) is 11.5 Å². The molecule has 3 nitrogen and oxygen atoms in total. The van der Waals surface area contributed by atoms with Crippen LogP contribution in [-0.2, 0) is 9.84 Å². The van der Waals surface area contributed by atoms with Crippen molar-refractivity contribution in [3.8, 4) is 0 Å². The predicted molar refractivity (Wildman–Crippen MR) is 77.7 cm³/mol. The van der Waals surface area contributed by atoms with E-state index in [2.05, 4.69) is 4.99 Å². The lowest BCUT2D eigenvalue weighted by molar-refractivity contribution is -0.0608. The molecular weight excluding hydrogens is 358 g/mol. The molecule has 0 N–H and O–H groups in total. The van der Waals surface area contributed by atoms with Crippen LogP contribution in [-0.4, -0.2) is 26.1 Å². The minimum atomic E-state index is -4.65. The second-order valence-electron chi connectivity index (χ2n) is 5.37. The Morgan fingerprint density at radius 2 is 1.96 bits per heavy atom. The Balaban J connectivity index is 2.16. The number of benzene rings is 1. The van der Waals surface area contributed by atoms with E-state index in [1.54, 1.807) is 0 Å². The number of halogens is 5. The van der Waals surface area contributed by atoms with Crippen LogP contribution in [0.3, 0.4) is 0 Å². The van der Waals surface area contributed by atoms with Crippen molar-refractivity contribution in [1.29, 1.82) is 0 Å². The Bertz CT molecular complexity index is 843. The third kappa shape index (κ3) is 2.89. The molecule has 0 saturated heterocycles. The van der Waals surface area contributed by atoms with E-state index in [0.717, 1.165) is 6.07 Å². The van der Waals surface area contributed by atoms with Gasteiger partial charge in [0.15, 0.2) is 9.84 Å². The van der Waals surface area contributed by atoms with Crippen molar-refractivity contribution in [2.45, 2.75) is 24.9 Å². The van der Waals surface area contributed by atoms with E-state index >= 15 is 0 Å². The second kappa shape index (κ2) is 5.31. The average molecular weight is 368 g/mol. The summed E-state index contributed by atoms with van der Waals surface area (Å²) in [7, 11) is -3.67. The largest absolute Gasteiger partial charge is 0.429 e. The average Bonchev–Trinajstić information content (AvgIpc) is 2.76. The standard InChI is InChI=1S/C14H10ClF4NO2S/c15-9-5-7(1-2-10(9)16)8-6-12(14(17,18)19)20-11-3-4-23(21,22)13(8)11/h1-2,5,8H,3-4,6H2. The fourth-order valence-electron chi connectivity index (χ4n) is 2.84. The molecule has 3 rings (SSSR count). The molecule has 124 valence electrons. The van der Waals surface area contributed by atoms with E-state index in [1.165, 1.54) is 12.1 Å². The van der Waals surface area contributed by atoms with Crippen LogP contribution < -0.4 is 0 Å². The summed E-state index contributed by atoms with van der Waals surface area (Å²) in [5, 5.41) is -0.267. The molecule has 1 unspecified atom stereocenters. The van der Waals surface area contributed by atoms with Gasteiger partial charge in [-0.15, -0.1) is 0 Å². The molecule has 0 spiro atoms. The van der Waals surface area contributed by atoms with Gasteiger partial charge in [-0.05, 0) is 17.7 Å². The Labute approximate surface area is 134 Å². The van der Waals surface area contributed by atoms with E-state index in [-0.39, 0.29) is 33.4 Å². The number of nitrogens with zero attached hydrogens (tertiary/aromatic N) is 1. The summed E-state index contributed by atoms with van der Waals surface area (Å²) in [5.74, 6) is -2.04. The molecule has 0 saturated carbocycles. The lowest BCUT2D eigenvalue weighted by Gasteiger charge is -2.25. The van der Waals surface area contributed by atoms with Gasteiger partial charge in [-0.1, -0.05) is 17.7 Å². The van der Waals surface area contributed by atoms with Gasteiger partial charge >= 0.3 is 6.18 Å². The number of rotatable bonds is 1. The summed E-state index contributed by atoms with van der Waals surface area (Å²) in [4.78, 5) is 3.41. The van der Waals surface area contributed by atoms with Crippen molar-refractivity contribution in [2.75, 3.05) is 5.75 Å². The Morgan fingerprint density at radius 1 is 1.26 bits per heavy atom. The number of alkyl halides is 3. The van der Waals surface area contributed by atoms with Crippen molar-refractivity contribution < 1.29 is 26.0 Å². The molecule has 2 heterocycles. The van der Waals surface area contributed by atoms with Crippen LogP contribution in [0.15, 0.2) is 33.8 Å². The van der Waals surface area contributed by atoms with Gasteiger partial charge < -0.3 is 0 Å². The molecule has 9 heteroatoms. The van der Waals surface area contributed by atoms with Crippen LogP contribution in [0.2, 0.25) is 5.02 Å². The van der Waals surface area contributed by atoms with Gasteiger partial charge in [0.2, 0.25) is 0 Å². The van der Waals surface area contributed by atoms with Crippen LogP contribution in [0, 0.1) is 5.82 Å². The van der Waals surface area contributed by atoms with Crippen molar-refractivity contribution in [2.24, 2.45) is 4.99 Å². The summed E-state index contributed by atoms with van der Waals surface area (Å²) >= 11 is 5.68. The first-order valence-electron chi connectivity index (χ1n) is 6.65. The normalized spacial score (nSPS) is 23.7. The summed E-state index contributed by atoms with van der Waals surface area (Å²) in [5.41, 5.74) is -0.862. The third-order valence-electron chi connectivity index (χ3n) is 3.88. The topological polar surface area (TPSA) is 46.5 Å². The molecule has 1 atom stereocenters. The van der Waals surface area contributed by atoms with E-state index < -0.39 is 39.9 Å². The van der Waals surface area contributed by atoms with Gasteiger partial charge in [-0.25, -0.2) is 12.8 Å². The molecular formula is C14H10ClF4NO2S. The fraction of sp³-hybridized carbons (Fsp3) is 0.357. The number of aliphatic imine (C=N–C) groups is 1. The minimum absolute atomic E-state index is 0.0529. The molecule has 0 bridgehead atoms. The molecule has 0 fully saturated rings. The van der Waals surface area contributed by atoms with Crippen LogP contribution in [0.1, 0.15) is 24.3 Å². The molecule has 1 aromatic rings. The molecule has 2 aliphatic heterocycles. The van der Waals surface area contributed by atoms with Gasteiger partial charge in [0.25, 0.3) is 0 Å². The van der Waals surface area contributed by atoms with Crippen LogP contribution >= 0.6 is 11.6 Å². The molecule has 0 aromatic heterocycles. The van der Waals surface area contributed by atoms with Gasteiger partial charge in [-0.2, -0.15) is 13.2 Å². The summed E-state index contributed by atoms with van der Waals surface area (Å²) in [6.07, 6.45) is -5.31. The molecule has 2 aliphatic rings. The minimum Gasteiger partial charge on any atom is -0.252 e. The fourth-order valence-corrected chi connectivity index (χ4v) is 4.88. The molecule has 0 aliphatic carbocycles. The molecule has 1 aromatic carbocycles. The third-order valence-corrected chi connectivity index (χ3v) is 6.11. The van der Waals surface area contributed by atoms with Crippen LogP contribution in [0.5, 0.6) is 0 Å². The Kier molecular flexibility index (Phi) is 3.79. The van der Waals surface area contributed by atoms with Crippen molar-refractivity contribution in [3.63, 3.8) is 0 Å². The highest BCUT2D eigenvalue weighted by Crippen LogP contribution is 2.45. The first kappa shape index (κ1) is 16.4. The smallest absolute Gasteiger partial charge is 0.252 e. The quantitative estimate of drug-likeness (QED) is 0.704. The highest BCUT2D eigenvalue weighted by Gasteiger charge is 2.45. The van der Waals surface area contributed by atoms with Gasteiger partial charge in [0.05, 0.1) is 21.4 Å². The van der Waals surface area contributed by atoms with E-state index in [0.29, 0.717) is 0 Å². The predicted octanol–water partition coefficient (Wildman–Crippen LogP) is 4.00. The zero-order chi connectivity index (χ0) is 17.0. The maximum absolute atomic E-state index is 13.3. The lowest BCUT2D eigenvalue weighted by Crippen LogP contribution is -2.29. The molecule has 0 radical (unpaired) electrons. The molecule has 0 amide bonds.